The van der Waals surface area contributed by atoms with Crippen LogP contribution in [0.25, 0.3) is 5.69 Å². The topological polar surface area (TPSA) is 85.2 Å². The van der Waals surface area contributed by atoms with Gasteiger partial charge >= 0.3 is 6.18 Å². The molecule has 1 aromatic heterocycles. The Balaban J connectivity index is 1.33. The Hall–Kier alpha value is -3.82. The number of aromatic nitrogens is 2. The van der Waals surface area contributed by atoms with Crippen molar-refractivity contribution in [3.63, 3.8) is 0 Å². The molecule has 2 amide bonds. The van der Waals surface area contributed by atoms with Crippen molar-refractivity contribution < 1.29 is 27.5 Å². The molecular formula is C25H25F3N4O3. The molecular weight excluding hydrogens is 461 g/mol. The van der Waals surface area contributed by atoms with Crippen LogP contribution in [0, 0.1) is 6.92 Å². The average Bonchev–Trinajstić information content (AvgIpc) is 3.51. The van der Waals surface area contributed by atoms with Crippen LogP contribution in [0.3, 0.4) is 0 Å². The van der Waals surface area contributed by atoms with Crippen molar-refractivity contribution in [1.29, 1.82) is 0 Å². The van der Waals surface area contributed by atoms with E-state index in [4.69, 9.17) is 4.74 Å². The normalized spacial score (nSPS) is 13.4. The highest BCUT2D eigenvalue weighted by molar-refractivity contribution is 5.95. The summed E-state index contributed by atoms with van der Waals surface area (Å²) < 4.78 is 47.6. The SMILES string of the molecule is Cc1ccc(-n2ncc(C(=O)NCCc3ccc(OCC(=O)NC4CC4)cc3)c2C(F)(F)F)cc1. The number of carbonyl (C=O) groups excluding carboxylic acids is 2. The van der Waals surface area contributed by atoms with E-state index in [9.17, 15) is 22.8 Å². The number of hydrogen-bond donors (Lipinski definition) is 2. The second-order valence-electron chi connectivity index (χ2n) is 8.43. The van der Waals surface area contributed by atoms with E-state index in [1.54, 1.807) is 36.4 Å². The van der Waals surface area contributed by atoms with Crippen LogP contribution >= 0.6 is 0 Å². The van der Waals surface area contributed by atoms with Gasteiger partial charge in [-0.05, 0) is 56.0 Å². The molecule has 2 aromatic carbocycles. The Morgan fingerprint density at radius 1 is 1.09 bits per heavy atom. The predicted molar refractivity (Wildman–Crippen MR) is 122 cm³/mol. The number of amides is 2. The lowest BCUT2D eigenvalue weighted by atomic mass is 10.1. The fourth-order valence-electron chi connectivity index (χ4n) is 3.48. The number of ether oxygens (including phenoxy) is 1. The molecule has 10 heteroatoms. The van der Waals surface area contributed by atoms with E-state index in [1.807, 2.05) is 6.92 Å². The van der Waals surface area contributed by atoms with Crippen LogP contribution in [0.2, 0.25) is 0 Å². The Morgan fingerprint density at radius 2 is 1.77 bits per heavy atom. The lowest BCUT2D eigenvalue weighted by Crippen LogP contribution is -2.30. The van der Waals surface area contributed by atoms with Crippen molar-refractivity contribution in [2.24, 2.45) is 0 Å². The average molecular weight is 486 g/mol. The number of nitrogens with one attached hydrogen (secondary N) is 2. The Labute approximate surface area is 200 Å². The van der Waals surface area contributed by atoms with Crippen LogP contribution in [0.4, 0.5) is 13.2 Å². The first-order chi connectivity index (χ1) is 16.7. The second kappa shape index (κ2) is 10.2. The maximum Gasteiger partial charge on any atom is 0.434 e. The summed E-state index contributed by atoms with van der Waals surface area (Å²) in [7, 11) is 0. The van der Waals surface area contributed by atoms with Gasteiger partial charge in [0, 0.05) is 12.6 Å². The molecule has 1 aliphatic carbocycles. The van der Waals surface area contributed by atoms with Gasteiger partial charge in [0.25, 0.3) is 11.8 Å². The monoisotopic (exact) mass is 486 g/mol. The molecule has 3 aromatic rings. The lowest BCUT2D eigenvalue weighted by molar-refractivity contribution is -0.143. The number of aryl methyl sites for hydroxylation is 1. The molecule has 35 heavy (non-hydrogen) atoms. The fourth-order valence-corrected chi connectivity index (χ4v) is 3.48. The van der Waals surface area contributed by atoms with Crippen molar-refractivity contribution in [1.82, 2.24) is 20.4 Å². The molecule has 0 saturated heterocycles. The number of hydrogen-bond acceptors (Lipinski definition) is 4. The van der Waals surface area contributed by atoms with Crippen LogP contribution in [0.1, 0.15) is 40.0 Å². The molecule has 0 atom stereocenters. The van der Waals surface area contributed by atoms with Gasteiger partial charge in [-0.15, -0.1) is 0 Å². The van der Waals surface area contributed by atoms with Crippen molar-refractivity contribution >= 4 is 11.8 Å². The van der Waals surface area contributed by atoms with Crippen molar-refractivity contribution in [2.45, 2.75) is 38.4 Å². The highest BCUT2D eigenvalue weighted by Gasteiger charge is 2.40. The minimum atomic E-state index is -4.76. The van der Waals surface area contributed by atoms with Gasteiger partial charge in [-0.2, -0.15) is 18.3 Å². The second-order valence-corrected chi connectivity index (χ2v) is 8.43. The van der Waals surface area contributed by atoms with Crippen molar-refractivity contribution in [2.75, 3.05) is 13.2 Å². The zero-order valence-electron chi connectivity index (χ0n) is 19.1. The highest BCUT2D eigenvalue weighted by Crippen LogP contribution is 2.33. The third-order valence-corrected chi connectivity index (χ3v) is 5.50. The van der Waals surface area contributed by atoms with Crippen molar-refractivity contribution in [3.8, 4) is 11.4 Å². The zero-order valence-corrected chi connectivity index (χ0v) is 19.1. The highest BCUT2D eigenvalue weighted by atomic mass is 19.4. The van der Waals surface area contributed by atoms with Gasteiger partial charge in [0.1, 0.15) is 5.75 Å². The molecule has 0 unspecified atom stereocenters. The minimum Gasteiger partial charge on any atom is -0.484 e. The van der Waals surface area contributed by atoms with Crippen LogP contribution < -0.4 is 15.4 Å². The molecule has 1 aliphatic rings. The molecule has 0 aliphatic heterocycles. The molecule has 0 bridgehead atoms. The van der Waals surface area contributed by atoms with E-state index in [2.05, 4.69) is 15.7 Å². The summed E-state index contributed by atoms with van der Waals surface area (Å²) in [6.07, 6.45) is -1.42. The first kappa shape index (κ1) is 24.3. The summed E-state index contributed by atoms with van der Waals surface area (Å²) in [5, 5.41) is 9.19. The summed E-state index contributed by atoms with van der Waals surface area (Å²) in [5.41, 5.74) is 0.309. The van der Waals surface area contributed by atoms with Crippen LogP contribution in [0.5, 0.6) is 5.75 Å². The van der Waals surface area contributed by atoms with Crippen LogP contribution in [-0.4, -0.2) is 40.8 Å². The largest absolute Gasteiger partial charge is 0.484 e. The van der Waals surface area contributed by atoms with Gasteiger partial charge in [0.2, 0.25) is 0 Å². The first-order valence-electron chi connectivity index (χ1n) is 11.2. The standard InChI is InChI=1S/C25H25F3N4O3/c1-16-2-8-19(9-3-16)32-23(25(26,27)28)21(14-30-32)24(34)29-13-12-17-4-10-20(11-5-17)35-15-22(33)31-18-6-7-18/h2-5,8-11,14,18H,6-7,12-13,15H2,1H3,(H,29,34)(H,31,33). The van der Waals surface area contributed by atoms with E-state index in [-0.39, 0.29) is 30.8 Å². The van der Waals surface area contributed by atoms with Gasteiger partial charge in [0.05, 0.1) is 17.4 Å². The molecule has 4 rings (SSSR count). The van der Waals surface area contributed by atoms with Crippen LogP contribution in [-0.2, 0) is 17.4 Å². The molecule has 0 spiro atoms. The fraction of sp³-hybridized carbons (Fsp3) is 0.320. The number of alkyl halides is 3. The van der Waals surface area contributed by atoms with Gasteiger partial charge < -0.3 is 15.4 Å². The number of halogens is 3. The number of nitrogens with zero attached hydrogens (tertiary/aromatic N) is 2. The smallest absolute Gasteiger partial charge is 0.434 e. The summed E-state index contributed by atoms with van der Waals surface area (Å²) in [6, 6.07) is 13.6. The summed E-state index contributed by atoms with van der Waals surface area (Å²) in [4.78, 5) is 24.2. The molecule has 184 valence electrons. The van der Waals surface area contributed by atoms with Gasteiger partial charge in [0.15, 0.2) is 12.3 Å². The molecule has 7 nitrogen and oxygen atoms in total. The first-order valence-corrected chi connectivity index (χ1v) is 11.2. The lowest BCUT2D eigenvalue weighted by Gasteiger charge is -2.13. The molecule has 1 fully saturated rings. The molecule has 2 N–H and O–H groups in total. The maximum atomic E-state index is 13.8. The Kier molecular flexibility index (Phi) is 7.09. The van der Waals surface area contributed by atoms with Gasteiger partial charge in [-0.1, -0.05) is 29.8 Å². The van der Waals surface area contributed by atoms with E-state index in [0.29, 0.717) is 12.2 Å². The Bertz CT molecular complexity index is 1180. The predicted octanol–water partition coefficient (Wildman–Crippen LogP) is 3.83. The zero-order chi connectivity index (χ0) is 25.0. The third kappa shape index (κ3) is 6.40. The van der Waals surface area contributed by atoms with E-state index in [1.165, 1.54) is 12.1 Å². The number of rotatable bonds is 9. The molecule has 0 radical (unpaired) electrons. The summed E-state index contributed by atoms with van der Waals surface area (Å²) >= 11 is 0. The van der Waals surface area contributed by atoms with Crippen molar-refractivity contribution in [3.05, 3.63) is 77.1 Å². The summed E-state index contributed by atoms with van der Waals surface area (Å²) in [5.74, 6) is -0.484. The van der Waals surface area contributed by atoms with E-state index in [0.717, 1.165) is 34.8 Å². The minimum absolute atomic E-state index is 0.0658. The number of benzene rings is 2. The molecule has 1 heterocycles. The maximum absolute atomic E-state index is 13.8. The molecule has 1 saturated carbocycles. The summed E-state index contributed by atoms with van der Waals surface area (Å²) in [6.45, 7) is 1.89. The third-order valence-electron chi connectivity index (χ3n) is 5.50. The van der Waals surface area contributed by atoms with E-state index < -0.39 is 23.3 Å². The van der Waals surface area contributed by atoms with Gasteiger partial charge in [-0.25, -0.2) is 4.68 Å². The Morgan fingerprint density at radius 3 is 2.40 bits per heavy atom. The van der Waals surface area contributed by atoms with E-state index >= 15 is 0 Å². The number of carbonyl (C=O) groups is 2. The van der Waals surface area contributed by atoms with Gasteiger partial charge in [-0.3, -0.25) is 9.59 Å². The quantitative estimate of drug-likeness (QED) is 0.482. The van der Waals surface area contributed by atoms with Crippen LogP contribution in [0.15, 0.2) is 54.7 Å².